The van der Waals surface area contributed by atoms with E-state index in [2.05, 4.69) is 40.3 Å². The monoisotopic (exact) mass is 324 g/mol. The van der Waals surface area contributed by atoms with Gasteiger partial charge in [-0.25, -0.2) is 4.98 Å². The first-order chi connectivity index (χ1) is 12.3. The van der Waals surface area contributed by atoms with Crippen LogP contribution in [0, 0.1) is 11.3 Å². The molecule has 4 heteroatoms. The van der Waals surface area contributed by atoms with Gasteiger partial charge in [-0.15, -0.1) is 0 Å². The highest BCUT2D eigenvalue weighted by molar-refractivity contribution is 6.02. The highest BCUT2D eigenvalue weighted by Crippen LogP contribution is 2.37. The lowest BCUT2D eigenvalue weighted by molar-refractivity contribution is 1.07. The SMILES string of the molecule is N#Cc1cnc2[nH]c(-c3ccccc3)c(-c3ccc(CN)cc3)c2c1. The minimum Gasteiger partial charge on any atom is -0.339 e. The molecule has 0 bridgehead atoms. The number of nitrogens with one attached hydrogen (secondary N) is 1. The fourth-order valence-corrected chi connectivity index (χ4v) is 3.06. The lowest BCUT2D eigenvalue weighted by Crippen LogP contribution is -1.95. The first-order valence-corrected chi connectivity index (χ1v) is 8.07. The number of pyridine rings is 1. The Morgan fingerprint density at radius 1 is 1.00 bits per heavy atom. The van der Waals surface area contributed by atoms with Crippen molar-refractivity contribution in [3.8, 4) is 28.5 Å². The van der Waals surface area contributed by atoms with Crippen LogP contribution >= 0.6 is 0 Å². The van der Waals surface area contributed by atoms with Crippen molar-refractivity contribution in [1.82, 2.24) is 9.97 Å². The molecule has 120 valence electrons. The molecule has 0 saturated carbocycles. The molecular weight excluding hydrogens is 308 g/mol. The number of aromatic amines is 1. The van der Waals surface area contributed by atoms with Crippen LogP contribution in [0.4, 0.5) is 0 Å². The van der Waals surface area contributed by atoms with Crippen LogP contribution in [0.2, 0.25) is 0 Å². The maximum atomic E-state index is 9.24. The summed E-state index contributed by atoms with van der Waals surface area (Å²) in [5.41, 5.74) is 12.3. The number of fused-ring (bicyclic) bond motifs is 1. The Hall–Kier alpha value is -3.42. The molecule has 2 aromatic heterocycles. The highest BCUT2D eigenvalue weighted by atomic mass is 14.9. The second-order valence-electron chi connectivity index (χ2n) is 5.87. The Kier molecular flexibility index (Phi) is 3.77. The van der Waals surface area contributed by atoms with Gasteiger partial charge in [0.05, 0.1) is 11.3 Å². The van der Waals surface area contributed by atoms with Gasteiger partial charge in [0.2, 0.25) is 0 Å². The molecule has 0 radical (unpaired) electrons. The van der Waals surface area contributed by atoms with Crippen LogP contribution in [0.1, 0.15) is 11.1 Å². The number of hydrogen-bond donors (Lipinski definition) is 2. The number of aromatic nitrogens is 2. The smallest absolute Gasteiger partial charge is 0.138 e. The van der Waals surface area contributed by atoms with E-state index in [1.165, 1.54) is 0 Å². The molecule has 0 spiro atoms. The molecule has 0 aliphatic rings. The number of benzene rings is 2. The highest BCUT2D eigenvalue weighted by Gasteiger charge is 2.16. The Morgan fingerprint density at radius 2 is 1.76 bits per heavy atom. The summed E-state index contributed by atoms with van der Waals surface area (Å²) >= 11 is 0. The van der Waals surface area contributed by atoms with E-state index < -0.39 is 0 Å². The van der Waals surface area contributed by atoms with Crippen LogP contribution in [0.3, 0.4) is 0 Å². The van der Waals surface area contributed by atoms with E-state index in [0.29, 0.717) is 12.1 Å². The quantitative estimate of drug-likeness (QED) is 0.592. The molecule has 25 heavy (non-hydrogen) atoms. The van der Waals surface area contributed by atoms with Crippen LogP contribution in [0.25, 0.3) is 33.4 Å². The van der Waals surface area contributed by atoms with Crippen molar-refractivity contribution in [2.24, 2.45) is 5.73 Å². The Morgan fingerprint density at radius 3 is 2.44 bits per heavy atom. The molecule has 0 aliphatic carbocycles. The molecule has 0 amide bonds. The van der Waals surface area contributed by atoms with E-state index >= 15 is 0 Å². The van der Waals surface area contributed by atoms with E-state index in [-0.39, 0.29) is 0 Å². The van der Waals surface area contributed by atoms with E-state index in [1.54, 1.807) is 6.20 Å². The first-order valence-electron chi connectivity index (χ1n) is 8.07. The minimum atomic E-state index is 0.514. The second kappa shape index (κ2) is 6.23. The topological polar surface area (TPSA) is 78.5 Å². The third kappa shape index (κ3) is 2.67. The van der Waals surface area contributed by atoms with Crippen LogP contribution in [0.15, 0.2) is 66.9 Å². The van der Waals surface area contributed by atoms with Gasteiger partial charge in [-0.2, -0.15) is 5.26 Å². The predicted octanol–water partition coefficient (Wildman–Crippen LogP) is 4.23. The Balaban J connectivity index is 2.02. The number of hydrogen-bond acceptors (Lipinski definition) is 3. The molecule has 2 aromatic carbocycles. The van der Waals surface area contributed by atoms with Crippen LogP contribution in [-0.4, -0.2) is 9.97 Å². The minimum absolute atomic E-state index is 0.514. The van der Waals surface area contributed by atoms with Crippen molar-refractivity contribution < 1.29 is 0 Å². The van der Waals surface area contributed by atoms with Crippen LogP contribution < -0.4 is 5.73 Å². The average molecular weight is 324 g/mol. The molecule has 0 unspecified atom stereocenters. The normalized spacial score (nSPS) is 10.7. The number of nitrogens with two attached hydrogens (primary N) is 1. The van der Waals surface area contributed by atoms with Gasteiger partial charge in [0.15, 0.2) is 0 Å². The summed E-state index contributed by atoms with van der Waals surface area (Å²) in [6, 6.07) is 22.4. The van der Waals surface area contributed by atoms with Crippen LogP contribution in [0.5, 0.6) is 0 Å². The average Bonchev–Trinajstić information content (AvgIpc) is 3.07. The largest absolute Gasteiger partial charge is 0.339 e. The third-order valence-electron chi connectivity index (χ3n) is 4.32. The van der Waals surface area contributed by atoms with Gasteiger partial charge in [-0.3, -0.25) is 0 Å². The zero-order chi connectivity index (χ0) is 17.2. The number of nitriles is 1. The number of nitrogens with zero attached hydrogens (tertiary/aromatic N) is 2. The predicted molar refractivity (Wildman–Crippen MR) is 99.6 cm³/mol. The Bertz CT molecular complexity index is 1070. The summed E-state index contributed by atoms with van der Waals surface area (Å²) in [5.74, 6) is 0. The maximum absolute atomic E-state index is 9.24. The summed E-state index contributed by atoms with van der Waals surface area (Å²) < 4.78 is 0. The standard InChI is InChI=1S/C21H16N4/c22-11-14-6-8-16(9-7-14)19-18-10-15(12-23)13-24-21(18)25-20(19)17-4-2-1-3-5-17/h1-10,13H,11,22H2,(H,24,25). The summed E-state index contributed by atoms with van der Waals surface area (Å²) in [5, 5.41) is 10.2. The zero-order valence-electron chi connectivity index (χ0n) is 13.5. The zero-order valence-corrected chi connectivity index (χ0v) is 13.5. The van der Waals surface area contributed by atoms with Gasteiger partial charge in [-0.1, -0.05) is 54.6 Å². The van der Waals surface area contributed by atoms with Gasteiger partial charge >= 0.3 is 0 Å². The molecule has 4 nitrogen and oxygen atoms in total. The van der Waals surface area contributed by atoms with Crippen molar-refractivity contribution in [3.05, 3.63) is 78.0 Å². The van der Waals surface area contributed by atoms with Crippen molar-refractivity contribution in [1.29, 1.82) is 5.26 Å². The fourth-order valence-electron chi connectivity index (χ4n) is 3.06. The summed E-state index contributed by atoms with van der Waals surface area (Å²) in [6.45, 7) is 0.514. The molecule has 4 rings (SSSR count). The van der Waals surface area contributed by atoms with Crippen molar-refractivity contribution >= 4 is 11.0 Å². The Labute approximate surface area is 145 Å². The summed E-state index contributed by atoms with van der Waals surface area (Å²) in [7, 11) is 0. The molecule has 3 N–H and O–H groups in total. The van der Waals surface area contributed by atoms with Crippen LogP contribution in [-0.2, 0) is 6.54 Å². The van der Waals surface area contributed by atoms with E-state index in [0.717, 1.165) is 39.0 Å². The van der Waals surface area contributed by atoms with Crippen molar-refractivity contribution in [2.75, 3.05) is 0 Å². The molecule has 2 heterocycles. The molecule has 0 atom stereocenters. The lowest BCUT2D eigenvalue weighted by Gasteiger charge is -2.07. The van der Waals surface area contributed by atoms with Gasteiger partial charge < -0.3 is 10.7 Å². The van der Waals surface area contributed by atoms with Crippen molar-refractivity contribution in [3.63, 3.8) is 0 Å². The van der Waals surface area contributed by atoms with Gasteiger partial charge in [0.1, 0.15) is 11.7 Å². The molecule has 4 aromatic rings. The molecule has 0 fully saturated rings. The third-order valence-corrected chi connectivity index (χ3v) is 4.32. The summed E-state index contributed by atoms with van der Waals surface area (Å²) in [4.78, 5) is 7.83. The first kappa shape index (κ1) is 15.1. The van der Waals surface area contributed by atoms with E-state index in [4.69, 9.17) is 5.73 Å². The summed E-state index contributed by atoms with van der Waals surface area (Å²) in [6.07, 6.45) is 1.59. The molecular formula is C21H16N4. The number of rotatable bonds is 3. The van der Waals surface area contributed by atoms with Gasteiger partial charge in [-0.05, 0) is 22.8 Å². The van der Waals surface area contributed by atoms with E-state index in [9.17, 15) is 5.26 Å². The second-order valence-corrected chi connectivity index (χ2v) is 5.87. The van der Waals surface area contributed by atoms with Gasteiger partial charge in [0.25, 0.3) is 0 Å². The fraction of sp³-hybridized carbons (Fsp3) is 0.0476. The molecule has 0 aliphatic heterocycles. The van der Waals surface area contributed by atoms with Gasteiger partial charge in [0, 0.05) is 23.7 Å². The maximum Gasteiger partial charge on any atom is 0.138 e. The van der Waals surface area contributed by atoms with E-state index in [1.807, 2.05) is 36.4 Å². The number of H-pyrrole nitrogens is 1. The van der Waals surface area contributed by atoms with Crippen molar-refractivity contribution in [2.45, 2.75) is 6.54 Å². The molecule has 0 saturated heterocycles. The lowest BCUT2D eigenvalue weighted by atomic mass is 9.97.